The number of nitrogens with zero attached hydrogens (tertiary/aromatic N) is 3. The molecule has 0 aliphatic carbocycles. The van der Waals surface area contributed by atoms with Crippen LogP contribution in [0.25, 0.3) is 0 Å². The molecule has 1 aromatic heterocycles. The van der Waals surface area contributed by atoms with E-state index in [0.29, 0.717) is 0 Å². The highest BCUT2D eigenvalue weighted by molar-refractivity contribution is 8.00. The first kappa shape index (κ1) is 30.9. The van der Waals surface area contributed by atoms with Gasteiger partial charge in [0.1, 0.15) is 21.4 Å². The maximum absolute atomic E-state index is 13.9. The maximum Gasteiger partial charge on any atom is 0.327 e. The number of nitrogens with two attached hydrogens (primary N) is 1. The topological polar surface area (TPSA) is 147 Å². The summed E-state index contributed by atoms with van der Waals surface area (Å²) in [5, 5.41) is 16.3. The Morgan fingerprint density at radius 2 is 1.56 bits per heavy atom. The monoisotopic (exact) mass is 681 g/mol. The molecule has 2 saturated heterocycles. The van der Waals surface area contributed by atoms with Crippen molar-refractivity contribution in [3.05, 3.63) is 118 Å². The lowest BCUT2D eigenvalue weighted by molar-refractivity contribution is -0.151. The first-order valence-corrected chi connectivity index (χ1v) is 16.3. The molecule has 3 aromatic carbocycles. The number of hydrogen-bond donors (Lipinski definition) is 3. The fourth-order valence-corrected chi connectivity index (χ4v) is 7.96. The van der Waals surface area contributed by atoms with E-state index in [4.69, 9.17) is 33.8 Å². The van der Waals surface area contributed by atoms with Crippen molar-refractivity contribution in [1.82, 2.24) is 15.2 Å². The smallest absolute Gasteiger partial charge is 0.327 e. The molecule has 0 saturated carbocycles. The number of rotatable bonds is 9. The van der Waals surface area contributed by atoms with Crippen LogP contribution < -0.4 is 11.1 Å². The molecule has 6 rings (SSSR count). The van der Waals surface area contributed by atoms with Crippen LogP contribution in [0.2, 0.25) is 4.34 Å². The largest absolute Gasteiger partial charge is 0.480 e. The van der Waals surface area contributed by atoms with Gasteiger partial charge in [-0.15, -0.1) is 23.4 Å². The third kappa shape index (κ3) is 5.63. The number of alkyl halides is 1. The second-order valence-electron chi connectivity index (χ2n) is 10.4. The van der Waals surface area contributed by atoms with Crippen molar-refractivity contribution in [2.45, 2.75) is 21.9 Å². The molecule has 45 heavy (non-hydrogen) atoms. The van der Waals surface area contributed by atoms with Gasteiger partial charge >= 0.3 is 5.97 Å². The number of carboxylic acid groups (broad SMARTS) is 1. The van der Waals surface area contributed by atoms with Crippen molar-refractivity contribution in [2.75, 3.05) is 18.0 Å². The van der Waals surface area contributed by atoms with E-state index in [-0.39, 0.29) is 33.2 Å². The van der Waals surface area contributed by atoms with Gasteiger partial charge in [0, 0.05) is 22.4 Å². The first-order valence-electron chi connectivity index (χ1n) is 13.6. The number of thioether (sulfide) groups is 1. The number of carbonyl (C=O) groups excluding carboxylic acids is 2. The number of aliphatic carboxylic acids is 1. The number of anilines is 1. The van der Waals surface area contributed by atoms with E-state index in [1.807, 2.05) is 91.0 Å². The van der Waals surface area contributed by atoms with Crippen LogP contribution in [0.3, 0.4) is 0 Å². The van der Waals surface area contributed by atoms with E-state index >= 15 is 0 Å². The number of thiazole rings is 1. The maximum atomic E-state index is 13.9. The number of aromatic nitrogens is 1. The fourth-order valence-electron chi connectivity index (χ4n) is 5.33. The van der Waals surface area contributed by atoms with E-state index in [1.54, 1.807) is 0 Å². The predicted molar refractivity (Wildman–Crippen MR) is 174 cm³/mol. The molecule has 4 N–H and O–H groups in total. The van der Waals surface area contributed by atoms with Gasteiger partial charge in [-0.1, -0.05) is 119 Å². The summed E-state index contributed by atoms with van der Waals surface area (Å²) < 4.78 is 0.108. The Hall–Kier alpha value is -4.10. The highest BCUT2D eigenvalue weighted by atomic mass is 35.5. The molecule has 0 spiro atoms. The van der Waals surface area contributed by atoms with Crippen molar-refractivity contribution in [3.63, 3.8) is 0 Å². The Labute approximate surface area is 276 Å². The van der Waals surface area contributed by atoms with Crippen molar-refractivity contribution in [3.8, 4) is 0 Å². The highest BCUT2D eigenvalue weighted by Crippen LogP contribution is 2.42. The Morgan fingerprint density at radius 3 is 2.02 bits per heavy atom. The van der Waals surface area contributed by atoms with Crippen molar-refractivity contribution in [1.29, 1.82) is 0 Å². The third-order valence-corrected chi connectivity index (χ3v) is 10.8. The number of carboxylic acids is 1. The van der Waals surface area contributed by atoms with Gasteiger partial charge in [0.05, 0.1) is 6.54 Å². The van der Waals surface area contributed by atoms with E-state index in [1.165, 1.54) is 16.7 Å². The lowest BCUT2D eigenvalue weighted by atomic mass is 9.80. The molecule has 2 aliphatic rings. The number of oxime groups is 1. The molecule has 4 aromatic rings. The minimum Gasteiger partial charge on any atom is -0.480 e. The summed E-state index contributed by atoms with van der Waals surface area (Å²) in [7, 11) is 0. The summed E-state index contributed by atoms with van der Waals surface area (Å²) in [5.41, 5.74) is 6.54. The number of nitrogen functional groups attached to an aromatic ring is 1. The molecule has 230 valence electrons. The molecule has 2 fully saturated rings. The van der Waals surface area contributed by atoms with Gasteiger partial charge in [-0.2, -0.15) is 0 Å². The average Bonchev–Trinajstić information content (AvgIpc) is 3.40. The van der Waals surface area contributed by atoms with E-state index in [9.17, 15) is 19.5 Å². The molecule has 3 atom stereocenters. The van der Waals surface area contributed by atoms with Crippen LogP contribution in [0.1, 0.15) is 22.4 Å². The number of carbonyl (C=O) groups is 3. The van der Waals surface area contributed by atoms with Crippen LogP contribution >= 0.6 is 46.3 Å². The van der Waals surface area contributed by atoms with Gasteiger partial charge < -0.3 is 25.9 Å². The van der Waals surface area contributed by atoms with Crippen molar-refractivity contribution < 1.29 is 24.3 Å². The zero-order valence-corrected chi connectivity index (χ0v) is 26.4. The normalized spacial score (nSPS) is 21.4. The quantitative estimate of drug-likeness (QED) is 0.0766. The van der Waals surface area contributed by atoms with Gasteiger partial charge in [-0.25, -0.2) is 4.98 Å². The summed E-state index contributed by atoms with van der Waals surface area (Å²) in [6, 6.07) is 27.4. The Kier molecular flexibility index (Phi) is 8.49. The fraction of sp³-hybridized carbons (Fsp3) is 0.194. The standard InChI is InChI=1S/C31H25Cl2N5O5S2/c32-24-21(36-29(34)45-24)22(25(39)35-23-26(40)38-16-30(33,28(41)42)17-44-27(23)38)37-43-31(18-10-4-1-5-11-18,19-12-6-2-7-13-19)20-14-8-3-9-15-20/h1-15,23,27H,16-17H2,(H2,34,36)(H,35,39)(H,41,42)/t23-,27-,30?/m1/s1. The second-order valence-corrected chi connectivity index (χ2v) is 13.8. The molecule has 14 heteroatoms. The van der Waals surface area contributed by atoms with Gasteiger partial charge in [-0.05, 0) is 0 Å². The van der Waals surface area contributed by atoms with E-state index in [2.05, 4.69) is 15.5 Å². The lowest BCUT2D eigenvalue weighted by Crippen LogP contribution is -2.74. The molecule has 2 aliphatic heterocycles. The zero-order chi connectivity index (χ0) is 31.8. The van der Waals surface area contributed by atoms with Gasteiger partial charge in [0.25, 0.3) is 5.91 Å². The number of nitrogens with one attached hydrogen (secondary N) is 1. The molecule has 3 heterocycles. The van der Waals surface area contributed by atoms with Crippen LogP contribution in [0.5, 0.6) is 0 Å². The van der Waals surface area contributed by atoms with Crippen LogP contribution in [0, 0.1) is 0 Å². The molecular weight excluding hydrogens is 657 g/mol. The Bertz CT molecular complexity index is 1680. The highest BCUT2D eigenvalue weighted by Gasteiger charge is 2.57. The van der Waals surface area contributed by atoms with Crippen LogP contribution in [0.15, 0.2) is 96.2 Å². The second kappa shape index (κ2) is 12.4. The van der Waals surface area contributed by atoms with E-state index in [0.717, 1.165) is 28.0 Å². The summed E-state index contributed by atoms with van der Waals surface area (Å²) in [5.74, 6) is -2.40. The average molecular weight is 683 g/mol. The lowest BCUT2D eigenvalue weighted by Gasteiger charge is -2.52. The van der Waals surface area contributed by atoms with Crippen LogP contribution in [-0.2, 0) is 24.8 Å². The number of amides is 2. The summed E-state index contributed by atoms with van der Waals surface area (Å²) >= 11 is 14.9. The van der Waals surface area contributed by atoms with Gasteiger partial charge in [0.2, 0.25) is 11.5 Å². The van der Waals surface area contributed by atoms with Gasteiger partial charge in [0.15, 0.2) is 15.7 Å². The Morgan fingerprint density at radius 1 is 1.02 bits per heavy atom. The number of benzene rings is 3. The van der Waals surface area contributed by atoms with Gasteiger partial charge in [-0.3, -0.25) is 14.4 Å². The minimum atomic E-state index is -1.60. The molecule has 1 unspecified atom stereocenters. The zero-order valence-electron chi connectivity index (χ0n) is 23.3. The number of fused-ring (bicyclic) bond motifs is 1. The Balaban J connectivity index is 1.40. The molecule has 2 amide bonds. The number of halogens is 2. The SMILES string of the molecule is Nc1nc(C(=NOC(c2ccccc2)(c2ccccc2)c2ccccc2)C(=O)N[C@@H]2C(=O)N3CC(Cl)(C(=O)O)CS[C@H]23)c(Cl)s1. The summed E-state index contributed by atoms with van der Waals surface area (Å²) in [6.07, 6.45) is 0. The molecule has 0 bridgehead atoms. The first-order chi connectivity index (χ1) is 21.6. The minimum absolute atomic E-state index is 0.00895. The number of hydrogen-bond acceptors (Lipinski definition) is 9. The van der Waals surface area contributed by atoms with Crippen molar-refractivity contribution >= 4 is 74.9 Å². The third-order valence-electron chi connectivity index (χ3n) is 7.57. The molecule has 0 radical (unpaired) electrons. The summed E-state index contributed by atoms with van der Waals surface area (Å²) in [4.78, 5) is 49.1. The molecule has 10 nitrogen and oxygen atoms in total. The van der Waals surface area contributed by atoms with Crippen LogP contribution in [0.4, 0.5) is 5.13 Å². The molecular formula is C31H25Cl2N5O5S2. The van der Waals surface area contributed by atoms with E-state index < -0.39 is 39.7 Å². The van der Waals surface area contributed by atoms with Crippen LogP contribution in [-0.4, -0.2) is 67.1 Å². The predicted octanol–water partition coefficient (Wildman–Crippen LogP) is 4.55. The van der Waals surface area contributed by atoms with Crippen molar-refractivity contribution in [2.24, 2.45) is 5.16 Å². The summed E-state index contributed by atoms with van der Waals surface area (Å²) in [6.45, 7) is -0.182. The number of β-lactam (4-membered cyclic amide) rings is 1.